The maximum atomic E-state index is 6.47. The average Bonchev–Trinajstić information content (AvgIpc) is 3.04. The van der Waals surface area contributed by atoms with Crippen LogP contribution in [-0.2, 0) is 9.47 Å². The van der Waals surface area contributed by atoms with E-state index in [2.05, 4.69) is 69.4 Å². The molecule has 0 aromatic rings. The Hall–Kier alpha value is -1.12. The average molecular weight is 613 g/mol. The molecule has 1 fully saturated rings. The van der Waals surface area contributed by atoms with Gasteiger partial charge < -0.3 is 9.47 Å². The molecule has 0 N–H and O–H groups in total. The van der Waals surface area contributed by atoms with Crippen molar-refractivity contribution in [2.24, 2.45) is 5.92 Å². The van der Waals surface area contributed by atoms with E-state index in [9.17, 15) is 0 Å². The Morgan fingerprint density at radius 2 is 0.773 bits per heavy atom. The fraction of sp³-hybridized carbons (Fsp3) is 0.810. The van der Waals surface area contributed by atoms with E-state index < -0.39 is 0 Å². The zero-order chi connectivity index (χ0) is 31.7. The number of allylic oxidation sites excluding steroid dienone is 8. The third kappa shape index (κ3) is 25.1. The van der Waals surface area contributed by atoms with E-state index in [-0.39, 0.29) is 5.79 Å². The topological polar surface area (TPSA) is 18.5 Å². The SMILES string of the molecule is CCCCCC=CCC=CCCCCCCCCC1(CCCCCCCCC=CCC=CCCCCC)OCC(CC)CO1. The van der Waals surface area contributed by atoms with Gasteiger partial charge in [0.15, 0.2) is 5.79 Å². The lowest BCUT2D eigenvalue weighted by molar-refractivity contribution is -0.290. The maximum absolute atomic E-state index is 6.47. The van der Waals surface area contributed by atoms with Crippen molar-refractivity contribution >= 4 is 0 Å². The molecule has 0 atom stereocenters. The second-order valence-corrected chi connectivity index (χ2v) is 13.5. The van der Waals surface area contributed by atoms with Gasteiger partial charge in [0.1, 0.15) is 0 Å². The second kappa shape index (κ2) is 31.8. The van der Waals surface area contributed by atoms with Crippen LogP contribution in [0.25, 0.3) is 0 Å². The van der Waals surface area contributed by atoms with Crippen molar-refractivity contribution in [1.82, 2.24) is 0 Å². The number of hydrogen-bond acceptors (Lipinski definition) is 2. The Morgan fingerprint density at radius 3 is 1.14 bits per heavy atom. The second-order valence-electron chi connectivity index (χ2n) is 13.5. The lowest BCUT2D eigenvalue weighted by Crippen LogP contribution is -2.44. The molecule has 1 saturated heterocycles. The molecule has 0 radical (unpaired) electrons. The summed E-state index contributed by atoms with van der Waals surface area (Å²) in [5.74, 6) is 0.283. The monoisotopic (exact) mass is 613 g/mol. The highest BCUT2D eigenvalue weighted by molar-refractivity contribution is 4.93. The van der Waals surface area contributed by atoms with Gasteiger partial charge in [-0.15, -0.1) is 0 Å². The predicted octanol–water partition coefficient (Wildman–Crippen LogP) is 14.2. The first-order valence-electron chi connectivity index (χ1n) is 19.6. The van der Waals surface area contributed by atoms with Crippen LogP contribution in [0, 0.1) is 5.92 Å². The Labute approximate surface area is 276 Å². The minimum absolute atomic E-state index is 0.295. The fourth-order valence-electron chi connectivity index (χ4n) is 6.04. The standard InChI is InChI=1S/C42H76O2/c1-4-7-9-11-13-15-17-19-21-23-25-27-29-31-33-35-37-42(43-39-41(6-3)40-44-42)38-36-34-32-30-28-26-24-22-20-18-16-14-12-10-8-5-2/h13-16,19-22,41H,4-12,17-18,23-40H2,1-3H3. The molecule has 1 rings (SSSR count). The van der Waals surface area contributed by atoms with Gasteiger partial charge in [0.05, 0.1) is 13.2 Å². The molecule has 1 aliphatic rings. The molecule has 0 aromatic heterocycles. The summed E-state index contributed by atoms with van der Waals surface area (Å²) in [6.45, 7) is 8.58. The smallest absolute Gasteiger partial charge is 0.168 e. The van der Waals surface area contributed by atoms with Gasteiger partial charge >= 0.3 is 0 Å². The van der Waals surface area contributed by atoms with Crippen molar-refractivity contribution in [3.05, 3.63) is 48.6 Å². The lowest BCUT2D eigenvalue weighted by Gasteiger charge is -2.40. The molecule has 0 unspecified atom stereocenters. The molecule has 0 bridgehead atoms. The van der Waals surface area contributed by atoms with Gasteiger partial charge in [-0.3, -0.25) is 0 Å². The van der Waals surface area contributed by atoms with Gasteiger partial charge in [0, 0.05) is 18.8 Å². The van der Waals surface area contributed by atoms with Gasteiger partial charge in [0.2, 0.25) is 0 Å². The molecule has 1 aliphatic heterocycles. The van der Waals surface area contributed by atoms with Crippen LogP contribution in [0.2, 0.25) is 0 Å². The van der Waals surface area contributed by atoms with E-state index in [1.54, 1.807) is 0 Å². The highest BCUT2D eigenvalue weighted by Gasteiger charge is 2.36. The van der Waals surface area contributed by atoms with Gasteiger partial charge in [-0.2, -0.15) is 0 Å². The molecule has 2 nitrogen and oxygen atoms in total. The lowest BCUT2D eigenvalue weighted by atomic mass is 9.96. The van der Waals surface area contributed by atoms with Crippen LogP contribution < -0.4 is 0 Å². The Kier molecular flexibility index (Phi) is 29.6. The first-order chi connectivity index (χ1) is 21.8. The molecular formula is C42H76O2. The van der Waals surface area contributed by atoms with Crippen molar-refractivity contribution in [1.29, 1.82) is 0 Å². The highest BCUT2D eigenvalue weighted by Crippen LogP contribution is 2.33. The highest BCUT2D eigenvalue weighted by atomic mass is 16.7. The van der Waals surface area contributed by atoms with Crippen LogP contribution in [0.3, 0.4) is 0 Å². The summed E-state index contributed by atoms with van der Waals surface area (Å²) < 4.78 is 12.9. The van der Waals surface area contributed by atoms with Gasteiger partial charge in [-0.25, -0.2) is 0 Å². The van der Waals surface area contributed by atoms with Crippen LogP contribution in [0.4, 0.5) is 0 Å². The summed E-state index contributed by atoms with van der Waals surface area (Å²) in [5.41, 5.74) is 0. The summed E-state index contributed by atoms with van der Waals surface area (Å²) in [7, 11) is 0. The van der Waals surface area contributed by atoms with Crippen molar-refractivity contribution in [3.63, 3.8) is 0 Å². The van der Waals surface area contributed by atoms with Gasteiger partial charge in [-0.05, 0) is 83.5 Å². The maximum Gasteiger partial charge on any atom is 0.168 e. The first kappa shape index (κ1) is 40.9. The quantitative estimate of drug-likeness (QED) is 0.0573. The van der Waals surface area contributed by atoms with Crippen LogP contribution in [0.5, 0.6) is 0 Å². The predicted molar refractivity (Wildman–Crippen MR) is 196 cm³/mol. The van der Waals surface area contributed by atoms with E-state index >= 15 is 0 Å². The van der Waals surface area contributed by atoms with E-state index in [0.29, 0.717) is 5.92 Å². The van der Waals surface area contributed by atoms with Crippen molar-refractivity contribution in [2.45, 2.75) is 200 Å². The summed E-state index contributed by atoms with van der Waals surface area (Å²) in [6, 6.07) is 0. The summed E-state index contributed by atoms with van der Waals surface area (Å²) in [4.78, 5) is 0. The zero-order valence-electron chi connectivity index (χ0n) is 30.0. The summed E-state index contributed by atoms with van der Waals surface area (Å²) >= 11 is 0. The zero-order valence-corrected chi connectivity index (χ0v) is 30.0. The Bertz CT molecular complexity index is 645. The van der Waals surface area contributed by atoms with E-state index in [0.717, 1.165) is 45.3 Å². The largest absolute Gasteiger partial charge is 0.350 e. The molecule has 0 aromatic carbocycles. The Balaban J connectivity index is 2.08. The summed E-state index contributed by atoms with van der Waals surface area (Å²) in [5, 5.41) is 0. The fourth-order valence-corrected chi connectivity index (χ4v) is 6.04. The molecule has 1 heterocycles. The van der Waals surface area contributed by atoms with E-state index in [1.807, 2.05) is 0 Å². The molecule has 0 spiro atoms. The number of rotatable bonds is 31. The van der Waals surface area contributed by atoms with Crippen molar-refractivity contribution in [3.8, 4) is 0 Å². The van der Waals surface area contributed by atoms with Gasteiger partial charge in [0.25, 0.3) is 0 Å². The molecule has 0 aliphatic carbocycles. The number of hydrogen-bond donors (Lipinski definition) is 0. The molecule has 44 heavy (non-hydrogen) atoms. The van der Waals surface area contributed by atoms with Crippen LogP contribution >= 0.6 is 0 Å². The number of ether oxygens (including phenoxy) is 2. The van der Waals surface area contributed by atoms with Crippen LogP contribution in [0.15, 0.2) is 48.6 Å². The first-order valence-corrected chi connectivity index (χ1v) is 19.6. The number of unbranched alkanes of at least 4 members (excludes halogenated alkanes) is 18. The van der Waals surface area contributed by atoms with Gasteiger partial charge in [-0.1, -0.05) is 146 Å². The molecule has 0 saturated carbocycles. The van der Waals surface area contributed by atoms with Crippen LogP contribution in [0.1, 0.15) is 194 Å². The van der Waals surface area contributed by atoms with Crippen molar-refractivity contribution in [2.75, 3.05) is 13.2 Å². The molecule has 256 valence electrons. The molecular weight excluding hydrogens is 536 g/mol. The normalized spacial score (nSPS) is 19.5. The third-order valence-electron chi connectivity index (χ3n) is 9.26. The minimum atomic E-state index is -0.295. The summed E-state index contributed by atoms with van der Waals surface area (Å²) in [6.07, 6.45) is 53.3. The minimum Gasteiger partial charge on any atom is -0.350 e. The third-order valence-corrected chi connectivity index (χ3v) is 9.26. The molecule has 2 heteroatoms. The van der Waals surface area contributed by atoms with Crippen LogP contribution in [-0.4, -0.2) is 19.0 Å². The molecule has 0 amide bonds. The van der Waals surface area contributed by atoms with E-state index in [4.69, 9.17) is 9.47 Å². The van der Waals surface area contributed by atoms with Crippen molar-refractivity contribution < 1.29 is 9.47 Å². The van der Waals surface area contributed by atoms with E-state index in [1.165, 1.54) is 141 Å². The Morgan fingerprint density at radius 1 is 0.432 bits per heavy atom.